The van der Waals surface area contributed by atoms with Gasteiger partial charge in [-0.05, 0) is 49.4 Å². The third-order valence-corrected chi connectivity index (χ3v) is 4.24. The van der Waals surface area contributed by atoms with Crippen LogP contribution in [-0.2, 0) is 9.53 Å². The maximum Gasteiger partial charge on any atom is 0.338 e. The average Bonchev–Trinajstić information content (AvgIpc) is 2.56. The lowest BCUT2D eigenvalue weighted by atomic mass is 9.94. The molecule has 0 saturated carbocycles. The lowest BCUT2D eigenvalue weighted by Crippen LogP contribution is -2.33. The maximum atomic E-state index is 11.9. The van der Waals surface area contributed by atoms with Gasteiger partial charge in [-0.25, -0.2) is 4.79 Å². The van der Waals surface area contributed by atoms with Crippen molar-refractivity contribution in [2.75, 3.05) is 24.6 Å². The zero-order valence-electron chi connectivity index (χ0n) is 13.3. The smallest absolute Gasteiger partial charge is 0.338 e. The van der Waals surface area contributed by atoms with Crippen molar-refractivity contribution >= 4 is 17.9 Å². The molecule has 0 bridgehead atoms. The first-order chi connectivity index (χ1) is 10.7. The summed E-state index contributed by atoms with van der Waals surface area (Å²) in [6, 6.07) is 7.63. The third kappa shape index (κ3) is 5.70. The molecule has 1 aromatic rings. The molecule has 1 heterocycles. The molecule has 128 valence electrons. The summed E-state index contributed by atoms with van der Waals surface area (Å²) < 4.78 is 5.21. The molecule has 1 aromatic carbocycles. The molecular weight excluding hydrogens is 290 g/mol. The SMILES string of the molecule is C.CCCCOC(=O)c1ccc(N2CCC(CC=O)CC2)cc1. The molecule has 0 amide bonds. The third-order valence-electron chi connectivity index (χ3n) is 4.24. The molecule has 0 spiro atoms. The number of carbonyl (C=O) groups excluding carboxylic acids is 2. The van der Waals surface area contributed by atoms with E-state index in [-0.39, 0.29) is 13.4 Å². The van der Waals surface area contributed by atoms with Gasteiger partial charge in [-0.1, -0.05) is 20.8 Å². The Balaban J connectivity index is 0.00000264. The van der Waals surface area contributed by atoms with Crippen LogP contribution in [0.2, 0.25) is 0 Å². The van der Waals surface area contributed by atoms with Crippen LogP contribution in [-0.4, -0.2) is 32.0 Å². The van der Waals surface area contributed by atoms with Crippen LogP contribution in [0.5, 0.6) is 0 Å². The number of rotatable bonds is 7. The van der Waals surface area contributed by atoms with Gasteiger partial charge in [0, 0.05) is 25.2 Å². The van der Waals surface area contributed by atoms with Crippen LogP contribution >= 0.6 is 0 Å². The van der Waals surface area contributed by atoms with Crippen molar-refractivity contribution in [3.05, 3.63) is 29.8 Å². The van der Waals surface area contributed by atoms with Gasteiger partial charge in [0.15, 0.2) is 0 Å². The van der Waals surface area contributed by atoms with Gasteiger partial charge in [0.25, 0.3) is 0 Å². The van der Waals surface area contributed by atoms with Gasteiger partial charge in [0.2, 0.25) is 0 Å². The fraction of sp³-hybridized carbons (Fsp3) is 0.579. The highest BCUT2D eigenvalue weighted by Crippen LogP contribution is 2.25. The number of benzene rings is 1. The van der Waals surface area contributed by atoms with E-state index in [0.29, 0.717) is 24.5 Å². The van der Waals surface area contributed by atoms with Crippen molar-refractivity contribution in [2.24, 2.45) is 5.92 Å². The van der Waals surface area contributed by atoms with Crippen LogP contribution in [0.4, 0.5) is 5.69 Å². The molecule has 2 rings (SSSR count). The predicted octanol–water partition coefficient (Wildman–Crippen LogP) is 4.09. The highest BCUT2D eigenvalue weighted by Gasteiger charge is 2.19. The van der Waals surface area contributed by atoms with E-state index >= 15 is 0 Å². The summed E-state index contributed by atoms with van der Waals surface area (Å²) in [5.74, 6) is 0.284. The minimum Gasteiger partial charge on any atom is -0.462 e. The van der Waals surface area contributed by atoms with Gasteiger partial charge in [-0.2, -0.15) is 0 Å². The largest absolute Gasteiger partial charge is 0.462 e. The first-order valence-corrected chi connectivity index (χ1v) is 8.20. The summed E-state index contributed by atoms with van der Waals surface area (Å²) in [5.41, 5.74) is 1.74. The Kier molecular flexibility index (Phi) is 8.38. The maximum absolute atomic E-state index is 11.9. The predicted molar refractivity (Wildman–Crippen MR) is 94.0 cm³/mol. The zero-order chi connectivity index (χ0) is 15.8. The Morgan fingerprint density at radius 3 is 2.48 bits per heavy atom. The first-order valence-electron chi connectivity index (χ1n) is 8.20. The van der Waals surface area contributed by atoms with Crippen LogP contribution < -0.4 is 4.90 Å². The molecule has 0 aromatic heterocycles. The van der Waals surface area contributed by atoms with Crippen LogP contribution in [0.25, 0.3) is 0 Å². The van der Waals surface area contributed by atoms with Crippen molar-refractivity contribution in [1.82, 2.24) is 0 Å². The molecule has 0 unspecified atom stereocenters. The van der Waals surface area contributed by atoms with Gasteiger partial charge in [-0.15, -0.1) is 0 Å². The van der Waals surface area contributed by atoms with Crippen LogP contribution in [0.1, 0.15) is 56.8 Å². The standard InChI is InChI=1S/C18H25NO3.CH4/c1-2-3-14-22-18(21)16-4-6-17(7-5-16)19-11-8-15(9-12-19)10-13-20;/h4-7,13,15H,2-3,8-12,14H2,1H3;1H4. The average molecular weight is 319 g/mol. The van der Waals surface area contributed by atoms with E-state index in [9.17, 15) is 9.59 Å². The normalized spacial score (nSPS) is 14.9. The minimum atomic E-state index is -0.246. The zero-order valence-corrected chi connectivity index (χ0v) is 13.3. The number of carbonyl (C=O) groups is 2. The monoisotopic (exact) mass is 319 g/mol. The van der Waals surface area contributed by atoms with Crippen LogP contribution in [0.15, 0.2) is 24.3 Å². The Labute approximate surface area is 139 Å². The number of esters is 1. The van der Waals surface area contributed by atoms with Crippen molar-refractivity contribution in [1.29, 1.82) is 0 Å². The van der Waals surface area contributed by atoms with E-state index in [4.69, 9.17) is 4.74 Å². The number of anilines is 1. The van der Waals surface area contributed by atoms with E-state index in [1.165, 1.54) is 0 Å². The molecule has 1 fully saturated rings. The Morgan fingerprint density at radius 2 is 1.91 bits per heavy atom. The highest BCUT2D eigenvalue weighted by atomic mass is 16.5. The molecule has 23 heavy (non-hydrogen) atoms. The molecular formula is C19H29NO3. The van der Waals surface area contributed by atoms with Crippen molar-refractivity contribution in [3.63, 3.8) is 0 Å². The van der Waals surface area contributed by atoms with E-state index in [0.717, 1.165) is 50.7 Å². The summed E-state index contributed by atoms with van der Waals surface area (Å²) in [7, 11) is 0. The Hall–Kier alpha value is -1.84. The summed E-state index contributed by atoms with van der Waals surface area (Å²) in [4.78, 5) is 24.7. The second-order valence-electron chi connectivity index (χ2n) is 5.87. The molecule has 1 aliphatic heterocycles. The second-order valence-corrected chi connectivity index (χ2v) is 5.87. The quantitative estimate of drug-likeness (QED) is 0.431. The van der Waals surface area contributed by atoms with E-state index in [1.54, 1.807) is 0 Å². The van der Waals surface area contributed by atoms with Gasteiger partial charge in [-0.3, -0.25) is 0 Å². The molecule has 0 aliphatic carbocycles. The van der Waals surface area contributed by atoms with Crippen molar-refractivity contribution in [3.8, 4) is 0 Å². The topological polar surface area (TPSA) is 46.6 Å². The summed E-state index contributed by atoms with van der Waals surface area (Å²) in [6.45, 7) is 4.50. The molecule has 0 radical (unpaired) electrons. The van der Waals surface area contributed by atoms with Gasteiger partial charge in [0.1, 0.15) is 6.29 Å². The second kappa shape index (κ2) is 10.0. The number of hydrogen-bond acceptors (Lipinski definition) is 4. The van der Waals surface area contributed by atoms with Crippen LogP contribution in [0.3, 0.4) is 0 Å². The molecule has 0 atom stereocenters. The number of aldehydes is 1. The van der Waals surface area contributed by atoms with Gasteiger partial charge >= 0.3 is 5.97 Å². The number of piperidine rings is 1. The van der Waals surface area contributed by atoms with Gasteiger partial charge < -0.3 is 14.4 Å². The number of hydrogen-bond donors (Lipinski definition) is 0. The first kappa shape index (κ1) is 19.2. The van der Waals surface area contributed by atoms with E-state index in [2.05, 4.69) is 11.8 Å². The summed E-state index contributed by atoms with van der Waals surface area (Å²) >= 11 is 0. The van der Waals surface area contributed by atoms with Crippen LogP contribution in [0, 0.1) is 5.92 Å². The minimum absolute atomic E-state index is 0. The lowest BCUT2D eigenvalue weighted by molar-refractivity contribution is -0.108. The molecule has 1 aliphatic rings. The molecule has 4 nitrogen and oxygen atoms in total. The molecule has 1 saturated heterocycles. The Bertz CT molecular complexity index is 476. The summed E-state index contributed by atoms with van der Waals surface area (Å²) in [5, 5.41) is 0. The lowest BCUT2D eigenvalue weighted by Gasteiger charge is -2.33. The van der Waals surface area contributed by atoms with E-state index < -0.39 is 0 Å². The number of unbranched alkanes of at least 4 members (excludes halogenated alkanes) is 1. The van der Waals surface area contributed by atoms with Crippen molar-refractivity contribution in [2.45, 2.75) is 46.5 Å². The summed E-state index contributed by atoms with van der Waals surface area (Å²) in [6.07, 6.45) is 5.74. The molecule has 4 heteroatoms. The number of nitrogens with zero attached hydrogens (tertiary/aromatic N) is 1. The number of ether oxygens (including phenoxy) is 1. The highest BCUT2D eigenvalue weighted by molar-refractivity contribution is 5.89. The van der Waals surface area contributed by atoms with Crippen molar-refractivity contribution < 1.29 is 14.3 Å². The van der Waals surface area contributed by atoms with E-state index in [1.807, 2.05) is 24.3 Å². The Morgan fingerprint density at radius 1 is 1.26 bits per heavy atom. The molecule has 0 N–H and O–H groups in total. The fourth-order valence-electron chi connectivity index (χ4n) is 2.76. The van der Waals surface area contributed by atoms with Gasteiger partial charge in [0.05, 0.1) is 12.2 Å². The fourth-order valence-corrected chi connectivity index (χ4v) is 2.76.